The maximum atomic E-state index is 15.5. The first-order chi connectivity index (χ1) is 11.3. The van der Waals surface area contributed by atoms with E-state index in [1.165, 1.54) is 6.20 Å². The smallest absolute Gasteiger partial charge is 0.192 e. The van der Waals surface area contributed by atoms with Crippen molar-refractivity contribution in [3.63, 3.8) is 0 Å². The number of ether oxygens (including phenoxy) is 1. The predicted octanol–water partition coefficient (Wildman–Crippen LogP) is 3.60. The van der Waals surface area contributed by atoms with Crippen LogP contribution in [0.2, 0.25) is 18.1 Å². The van der Waals surface area contributed by atoms with Gasteiger partial charge in [0, 0.05) is 11.8 Å². The van der Waals surface area contributed by atoms with E-state index in [0.29, 0.717) is 11.3 Å². The average molecular weight is 371 g/mol. The summed E-state index contributed by atoms with van der Waals surface area (Å²) in [7, 11) is -2.30. The molecule has 5 nitrogen and oxygen atoms in total. The molecule has 25 heavy (non-hydrogen) atoms. The number of nitrogens with two attached hydrogens (primary N) is 1. The summed E-state index contributed by atoms with van der Waals surface area (Å²) in [5, 5.41) is 10.8. The minimum atomic E-state index is -2.30. The van der Waals surface area contributed by atoms with Crippen molar-refractivity contribution >= 4 is 14.0 Å². The minimum Gasteiger partial charge on any atom is -0.408 e. The molecular formula is C18H31FN2O3Si. The molecule has 142 valence electrons. The summed E-state index contributed by atoms with van der Waals surface area (Å²) >= 11 is 0. The SMILES string of the molecule is C[C@@H]1O[C@H](c2ccncc2N)[C@@H](F)[C@H](O[Si](C)(C)C(C)(C)C)[C@@]1(C)O. The van der Waals surface area contributed by atoms with Crippen molar-refractivity contribution in [3.8, 4) is 0 Å². The van der Waals surface area contributed by atoms with Crippen LogP contribution in [-0.4, -0.2) is 42.4 Å². The van der Waals surface area contributed by atoms with Gasteiger partial charge in [-0.15, -0.1) is 0 Å². The van der Waals surface area contributed by atoms with Gasteiger partial charge in [0.15, 0.2) is 14.5 Å². The van der Waals surface area contributed by atoms with Gasteiger partial charge >= 0.3 is 0 Å². The Kier molecular flexibility index (Phi) is 5.36. The highest BCUT2D eigenvalue weighted by atomic mass is 28.4. The Hall–Kier alpha value is -1.02. The second-order valence-electron chi connectivity index (χ2n) is 8.67. The molecule has 1 aromatic rings. The van der Waals surface area contributed by atoms with Crippen LogP contribution in [0, 0.1) is 0 Å². The molecule has 1 aliphatic heterocycles. The van der Waals surface area contributed by atoms with Crippen molar-refractivity contribution < 1.29 is 18.7 Å². The molecule has 1 saturated heterocycles. The van der Waals surface area contributed by atoms with Crippen molar-refractivity contribution in [2.75, 3.05) is 5.73 Å². The van der Waals surface area contributed by atoms with Crippen molar-refractivity contribution in [1.29, 1.82) is 0 Å². The first-order valence-electron chi connectivity index (χ1n) is 8.68. The largest absolute Gasteiger partial charge is 0.408 e. The Morgan fingerprint density at radius 2 is 2.00 bits per heavy atom. The Morgan fingerprint density at radius 3 is 2.52 bits per heavy atom. The zero-order chi connectivity index (χ0) is 19.2. The number of pyridine rings is 1. The molecule has 1 fully saturated rings. The summed E-state index contributed by atoms with van der Waals surface area (Å²) in [6.07, 6.45) is -0.991. The highest BCUT2D eigenvalue weighted by Gasteiger charge is 2.55. The maximum absolute atomic E-state index is 15.5. The lowest BCUT2D eigenvalue weighted by Crippen LogP contribution is -2.64. The van der Waals surface area contributed by atoms with Crippen LogP contribution in [0.15, 0.2) is 18.5 Å². The Labute approximate surface area is 150 Å². The standard InChI is InChI=1S/C18H31FN2O3Si/c1-11-18(5,22)16(24-25(6,7)17(2,3)4)14(19)15(23-11)12-8-9-21-10-13(12)20/h8-11,14-16,22H,20H2,1-7H3/t11-,14+,15+,16-,18-/m0/s1. The second-order valence-corrected chi connectivity index (χ2v) is 13.4. The predicted molar refractivity (Wildman–Crippen MR) is 99.5 cm³/mol. The molecule has 0 bridgehead atoms. The lowest BCUT2D eigenvalue weighted by atomic mass is 9.83. The van der Waals surface area contributed by atoms with Crippen LogP contribution < -0.4 is 5.73 Å². The third kappa shape index (κ3) is 3.74. The van der Waals surface area contributed by atoms with Crippen molar-refractivity contribution in [3.05, 3.63) is 24.0 Å². The Morgan fingerprint density at radius 1 is 1.40 bits per heavy atom. The molecule has 0 unspecified atom stereocenters. The summed E-state index contributed by atoms with van der Waals surface area (Å²) in [5.74, 6) is 0. The fourth-order valence-electron chi connectivity index (χ4n) is 2.75. The van der Waals surface area contributed by atoms with E-state index < -0.39 is 38.4 Å². The third-order valence-corrected chi connectivity index (χ3v) is 10.2. The van der Waals surface area contributed by atoms with Crippen LogP contribution in [-0.2, 0) is 9.16 Å². The van der Waals surface area contributed by atoms with E-state index in [1.54, 1.807) is 26.1 Å². The van der Waals surface area contributed by atoms with E-state index in [2.05, 4.69) is 25.8 Å². The fraction of sp³-hybridized carbons (Fsp3) is 0.722. The molecule has 3 N–H and O–H groups in total. The molecule has 0 amide bonds. The highest BCUT2D eigenvalue weighted by Crippen LogP contribution is 2.45. The molecule has 2 rings (SSSR count). The first-order valence-corrected chi connectivity index (χ1v) is 11.6. The number of hydrogen-bond acceptors (Lipinski definition) is 5. The van der Waals surface area contributed by atoms with Gasteiger partial charge in [-0.1, -0.05) is 20.8 Å². The van der Waals surface area contributed by atoms with E-state index >= 15 is 4.39 Å². The number of anilines is 1. The zero-order valence-corrected chi connectivity index (χ0v) is 17.2. The summed E-state index contributed by atoms with van der Waals surface area (Å²) in [5.41, 5.74) is 5.43. The highest BCUT2D eigenvalue weighted by molar-refractivity contribution is 6.74. The summed E-state index contributed by atoms with van der Waals surface area (Å²) in [4.78, 5) is 3.95. The van der Waals surface area contributed by atoms with Crippen molar-refractivity contribution in [1.82, 2.24) is 4.98 Å². The summed E-state index contributed by atoms with van der Waals surface area (Å²) in [6.45, 7) is 13.7. The van der Waals surface area contributed by atoms with Gasteiger partial charge in [-0.05, 0) is 38.0 Å². The summed E-state index contributed by atoms with van der Waals surface area (Å²) < 4.78 is 27.6. The molecule has 0 aromatic carbocycles. The van der Waals surface area contributed by atoms with E-state index in [0.717, 1.165) is 0 Å². The molecule has 0 spiro atoms. The molecule has 1 aliphatic rings. The van der Waals surface area contributed by atoms with Gasteiger partial charge in [0.25, 0.3) is 0 Å². The number of aromatic nitrogens is 1. The Bertz CT molecular complexity index is 619. The zero-order valence-electron chi connectivity index (χ0n) is 16.2. The number of nitrogen functional groups attached to an aromatic ring is 1. The molecule has 0 radical (unpaired) electrons. The van der Waals surface area contributed by atoms with Crippen molar-refractivity contribution in [2.45, 2.75) is 82.8 Å². The van der Waals surface area contributed by atoms with Gasteiger partial charge < -0.3 is 20.0 Å². The maximum Gasteiger partial charge on any atom is 0.192 e. The minimum absolute atomic E-state index is 0.102. The number of halogens is 1. The number of rotatable bonds is 3. The monoisotopic (exact) mass is 370 g/mol. The molecule has 7 heteroatoms. The third-order valence-electron chi connectivity index (χ3n) is 5.75. The molecule has 0 aliphatic carbocycles. The number of aliphatic hydroxyl groups is 1. The molecule has 2 heterocycles. The van der Waals surface area contributed by atoms with Crippen molar-refractivity contribution in [2.24, 2.45) is 0 Å². The van der Waals surface area contributed by atoms with E-state index in [9.17, 15) is 5.11 Å². The van der Waals surface area contributed by atoms with Gasteiger partial charge in [-0.3, -0.25) is 4.98 Å². The molecule has 1 aromatic heterocycles. The summed E-state index contributed by atoms with van der Waals surface area (Å²) in [6, 6.07) is 1.66. The van der Waals surface area contributed by atoms with Crippen LogP contribution in [0.4, 0.5) is 10.1 Å². The van der Waals surface area contributed by atoms with Gasteiger partial charge in [0.05, 0.1) is 18.0 Å². The van der Waals surface area contributed by atoms with E-state index in [-0.39, 0.29) is 5.04 Å². The lowest BCUT2D eigenvalue weighted by Gasteiger charge is -2.51. The number of nitrogens with zero attached hydrogens (tertiary/aromatic N) is 1. The van der Waals surface area contributed by atoms with Crippen LogP contribution in [0.1, 0.15) is 46.3 Å². The Balaban J connectivity index is 2.40. The van der Waals surface area contributed by atoms with Crippen LogP contribution in [0.5, 0.6) is 0 Å². The number of alkyl halides is 1. The van der Waals surface area contributed by atoms with Gasteiger partial charge in [0.1, 0.15) is 17.8 Å². The van der Waals surface area contributed by atoms with Crippen LogP contribution >= 0.6 is 0 Å². The number of hydrogen-bond donors (Lipinski definition) is 2. The van der Waals surface area contributed by atoms with Crippen LogP contribution in [0.25, 0.3) is 0 Å². The van der Waals surface area contributed by atoms with E-state index in [4.69, 9.17) is 14.9 Å². The van der Waals surface area contributed by atoms with Gasteiger partial charge in [0.2, 0.25) is 0 Å². The fourth-order valence-corrected chi connectivity index (χ4v) is 4.10. The quantitative estimate of drug-likeness (QED) is 0.795. The van der Waals surface area contributed by atoms with Gasteiger partial charge in [-0.25, -0.2) is 4.39 Å². The van der Waals surface area contributed by atoms with E-state index in [1.807, 2.05) is 13.1 Å². The topological polar surface area (TPSA) is 77.6 Å². The lowest BCUT2D eigenvalue weighted by molar-refractivity contribution is -0.241. The molecule has 0 saturated carbocycles. The average Bonchev–Trinajstić information content (AvgIpc) is 2.47. The molecular weight excluding hydrogens is 339 g/mol. The normalized spacial score (nSPS) is 34.1. The van der Waals surface area contributed by atoms with Crippen LogP contribution in [0.3, 0.4) is 0 Å². The molecule has 5 atom stereocenters. The second kappa shape index (κ2) is 6.61. The first kappa shape index (κ1) is 20.3. The van der Waals surface area contributed by atoms with Gasteiger partial charge in [-0.2, -0.15) is 0 Å².